The first-order chi connectivity index (χ1) is 13.8. The largest absolute Gasteiger partial charge is 0.444 e. The third-order valence-electron chi connectivity index (χ3n) is 10.4. The summed E-state index contributed by atoms with van der Waals surface area (Å²) in [5.74, 6) is 2.61. The average molecular weight is 418 g/mol. The molecule has 7 atom stereocenters. The molecule has 0 aromatic heterocycles. The Hall–Kier alpha value is -1.06. The van der Waals surface area contributed by atoms with E-state index in [1.54, 1.807) is 0 Å². The van der Waals surface area contributed by atoms with Crippen LogP contribution in [0.5, 0.6) is 0 Å². The third-order valence-corrected chi connectivity index (χ3v) is 10.4. The number of hydrogen-bond donors (Lipinski definition) is 0. The standard InChI is InChI=1S/C26H43NO3/c1-23(2,3)30-22(29)27(7)18-10-13-24(4)17(16-18)8-9-20-19(24)11-14-26(6)21(28)12-15-25(20,26)5/h17-20H,8-16H2,1-7H3/t17?,18-,19?,20+,24-,25-,26+/m0/s1. The van der Waals surface area contributed by atoms with Crippen LogP contribution in [0.25, 0.3) is 0 Å². The number of rotatable bonds is 1. The summed E-state index contributed by atoms with van der Waals surface area (Å²) in [6.45, 7) is 13.1. The van der Waals surface area contributed by atoms with Crippen molar-refractivity contribution in [2.24, 2.45) is 34.0 Å². The van der Waals surface area contributed by atoms with Crippen LogP contribution in [0.4, 0.5) is 4.79 Å². The number of amides is 1. The SMILES string of the molecule is CN(C(=O)OC(C)(C)C)[C@H]1CC[C@@]2(C)C(CC[C@@H]3C2CC[C@]2(C)C(=O)CC[C@@]32C)C1. The summed E-state index contributed by atoms with van der Waals surface area (Å²) in [6, 6.07) is 0.284. The van der Waals surface area contributed by atoms with Crippen LogP contribution in [0.15, 0.2) is 0 Å². The van der Waals surface area contributed by atoms with Crippen LogP contribution in [-0.4, -0.2) is 35.5 Å². The molecule has 0 bridgehead atoms. The zero-order valence-corrected chi connectivity index (χ0v) is 20.3. The van der Waals surface area contributed by atoms with E-state index in [0.29, 0.717) is 23.0 Å². The number of ether oxygens (including phenoxy) is 1. The van der Waals surface area contributed by atoms with Crippen molar-refractivity contribution in [3.63, 3.8) is 0 Å². The molecule has 170 valence electrons. The van der Waals surface area contributed by atoms with Gasteiger partial charge in [0.2, 0.25) is 0 Å². The Balaban J connectivity index is 1.50. The summed E-state index contributed by atoms with van der Waals surface area (Å²) < 4.78 is 5.64. The molecule has 4 nitrogen and oxygen atoms in total. The fourth-order valence-electron chi connectivity index (χ4n) is 8.21. The van der Waals surface area contributed by atoms with E-state index in [1.165, 1.54) is 25.7 Å². The highest BCUT2D eigenvalue weighted by atomic mass is 16.6. The van der Waals surface area contributed by atoms with Crippen LogP contribution >= 0.6 is 0 Å². The molecule has 0 saturated heterocycles. The summed E-state index contributed by atoms with van der Waals surface area (Å²) in [7, 11) is 1.92. The summed E-state index contributed by atoms with van der Waals surface area (Å²) in [5, 5.41) is 0. The van der Waals surface area contributed by atoms with Crippen molar-refractivity contribution in [2.75, 3.05) is 7.05 Å². The van der Waals surface area contributed by atoms with Gasteiger partial charge >= 0.3 is 6.09 Å². The Bertz CT molecular complexity index is 726. The first-order valence-electron chi connectivity index (χ1n) is 12.3. The van der Waals surface area contributed by atoms with Gasteiger partial charge in [0.05, 0.1) is 0 Å². The number of carbonyl (C=O) groups is 2. The molecule has 2 unspecified atom stereocenters. The average Bonchev–Trinajstić information content (AvgIpc) is 2.90. The molecule has 4 fully saturated rings. The second-order valence-electron chi connectivity index (χ2n) is 12.7. The lowest BCUT2D eigenvalue weighted by molar-refractivity contribution is -0.160. The van der Waals surface area contributed by atoms with Crippen LogP contribution < -0.4 is 0 Å². The van der Waals surface area contributed by atoms with Crippen molar-refractivity contribution in [1.82, 2.24) is 4.90 Å². The highest BCUT2D eigenvalue weighted by Crippen LogP contribution is 2.70. The van der Waals surface area contributed by atoms with Crippen LogP contribution in [0.3, 0.4) is 0 Å². The van der Waals surface area contributed by atoms with E-state index in [-0.39, 0.29) is 23.0 Å². The van der Waals surface area contributed by atoms with Crippen LogP contribution in [-0.2, 0) is 9.53 Å². The zero-order valence-electron chi connectivity index (χ0n) is 20.3. The van der Waals surface area contributed by atoms with Gasteiger partial charge in [-0.1, -0.05) is 20.8 Å². The number of fused-ring (bicyclic) bond motifs is 5. The van der Waals surface area contributed by atoms with Crippen molar-refractivity contribution in [2.45, 2.75) is 111 Å². The molecule has 0 radical (unpaired) electrons. The zero-order chi connectivity index (χ0) is 22.1. The summed E-state index contributed by atoms with van der Waals surface area (Å²) in [6.07, 6.45) is 9.85. The molecular formula is C26H43NO3. The Morgan fingerprint density at radius 2 is 1.70 bits per heavy atom. The second-order valence-corrected chi connectivity index (χ2v) is 12.7. The van der Waals surface area contributed by atoms with E-state index < -0.39 is 5.60 Å². The highest BCUT2D eigenvalue weighted by molar-refractivity contribution is 5.88. The predicted octanol–water partition coefficient (Wildman–Crippen LogP) is 6.22. The number of Topliss-reactive ketones (excluding diaryl/α,β-unsaturated/α-hetero) is 1. The molecule has 4 aliphatic rings. The molecule has 0 spiro atoms. The molecular weight excluding hydrogens is 374 g/mol. The topological polar surface area (TPSA) is 46.6 Å². The van der Waals surface area contributed by atoms with Crippen molar-refractivity contribution in [3.05, 3.63) is 0 Å². The first-order valence-corrected chi connectivity index (χ1v) is 12.3. The van der Waals surface area contributed by atoms with Gasteiger partial charge in [0.25, 0.3) is 0 Å². The Labute approximate surface area is 183 Å². The smallest absolute Gasteiger partial charge is 0.410 e. The normalized spacial score (nSPS) is 45.9. The van der Waals surface area contributed by atoms with Gasteiger partial charge in [0, 0.05) is 24.9 Å². The minimum atomic E-state index is -0.449. The molecule has 0 N–H and O–H groups in total. The fourth-order valence-corrected chi connectivity index (χ4v) is 8.21. The molecule has 0 aromatic carbocycles. The minimum absolute atomic E-state index is 0.0918. The molecule has 0 aliphatic heterocycles. The molecule has 0 aromatic rings. The van der Waals surface area contributed by atoms with Crippen molar-refractivity contribution in [3.8, 4) is 0 Å². The van der Waals surface area contributed by atoms with Gasteiger partial charge in [0.1, 0.15) is 11.4 Å². The molecule has 4 rings (SSSR count). The molecule has 4 heteroatoms. The van der Waals surface area contributed by atoms with Gasteiger partial charge in [-0.05, 0) is 101 Å². The number of nitrogens with zero attached hydrogens (tertiary/aromatic N) is 1. The Kier molecular flexibility index (Phi) is 5.14. The second kappa shape index (κ2) is 6.97. The van der Waals surface area contributed by atoms with Gasteiger partial charge < -0.3 is 9.64 Å². The van der Waals surface area contributed by atoms with E-state index >= 15 is 0 Å². The summed E-state index contributed by atoms with van der Waals surface area (Å²) >= 11 is 0. The lowest BCUT2D eigenvalue weighted by Crippen LogP contribution is -2.58. The number of carbonyl (C=O) groups excluding carboxylic acids is 2. The van der Waals surface area contributed by atoms with Crippen molar-refractivity contribution >= 4 is 11.9 Å². The monoisotopic (exact) mass is 417 g/mol. The van der Waals surface area contributed by atoms with Crippen LogP contribution in [0.2, 0.25) is 0 Å². The molecule has 4 aliphatic carbocycles. The minimum Gasteiger partial charge on any atom is -0.444 e. The van der Waals surface area contributed by atoms with Crippen molar-refractivity contribution in [1.29, 1.82) is 0 Å². The van der Waals surface area contributed by atoms with Gasteiger partial charge in [0.15, 0.2) is 0 Å². The maximum Gasteiger partial charge on any atom is 0.410 e. The molecule has 1 amide bonds. The summed E-state index contributed by atoms with van der Waals surface area (Å²) in [5.41, 5.74) is -0.00368. The van der Waals surface area contributed by atoms with Gasteiger partial charge in [-0.15, -0.1) is 0 Å². The Morgan fingerprint density at radius 1 is 1.00 bits per heavy atom. The van der Waals surface area contributed by atoms with Gasteiger partial charge in [-0.25, -0.2) is 4.79 Å². The van der Waals surface area contributed by atoms with E-state index in [2.05, 4.69) is 20.8 Å². The maximum absolute atomic E-state index is 12.8. The van der Waals surface area contributed by atoms with E-state index in [9.17, 15) is 9.59 Å². The molecule has 0 heterocycles. The lowest BCUT2D eigenvalue weighted by Gasteiger charge is -2.64. The van der Waals surface area contributed by atoms with Crippen LogP contribution in [0, 0.1) is 34.0 Å². The van der Waals surface area contributed by atoms with Gasteiger partial charge in [-0.3, -0.25) is 4.79 Å². The Morgan fingerprint density at radius 3 is 2.37 bits per heavy atom. The van der Waals surface area contributed by atoms with Crippen molar-refractivity contribution < 1.29 is 14.3 Å². The van der Waals surface area contributed by atoms with Crippen LogP contribution in [0.1, 0.15) is 99.3 Å². The predicted molar refractivity (Wildman–Crippen MR) is 119 cm³/mol. The number of ketones is 1. The lowest BCUT2D eigenvalue weighted by atomic mass is 9.41. The fraction of sp³-hybridized carbons (Fsp3) is 0.923. The van der Waals surface area contributed by atoms with E-state index in [4.69, 9.17) is 4.74 Å². The highest BCUT2D eigenvalue weighted by Gasteiger charge is 2.65. The van der Waals surface area contributed by atoms with Gasteiger partial charge in [-0.2, -0.15) is 0 Å². The molecule has 30 heavy (non-hydrogen) atoms. The number of hydrogen-bond acceptors (Lipinski definition) is 3. The first kappa shape index (κ1) is 22.1. The van der Waals surface area contributed by atoms with E-state index in [0.717, 1.165) is 38.0 Å². The quantitative estimate of drug-likeness (QED) is 0.508. The summed E-state index contributed by atoms with van der Waals surface area (Å²) in [4.78, 5) is 27.3. The van der Waals surface area contributed by atoms with E-state index in [1.807, 2.05) is 32.7 Å². The molecule has 4 saturated carbocycles. The maximum atomic E-state index is 12.8. The third kappa shape index (κ3) is 3.14.